The summed E-state index contributed by atoms with van der Waals surface area (Å²) in [7, 11) is 0. The molecule has 1 aromatic carbocycles. The van der Waals surface area contributed by atoms with Crippen molar-refractivity contribution in [1.82, 2.24) is 4.98 Å². The molecule has 5 rings (SSSR count). The van der Waals surface area contributed by atoms with E-state index >= 15 is 0 Å². The number of nitrogens with zero attached hydrogens (tertiary/aromatic N) is 1. The smallest absolute Gasteiger partial charge is 0.225 e. The summed E-state index contributed by atoms with van der Waals surface area (Å²) in [6, 6.07) is 11.9. The van der Waals surface area contributed by atoms with Crippen molar-refractivity contribution < 1.29 is 9.59 Å². The molecular weight excluding hydrogens is 420 g/mol. The maximum Gasteiger partial charge on any atom is 0.225 e. The fourth-order valence-corrected chi connectivity index (χ4v) is 7.24. The number of Topliss-reactive ketones (excluding diaryl/α,β-unsaturated/α-hetero) is 1. The van der Waals surface area contributed by atoms with Gasteiger partial charge in [0.25, 0.3) is 0 Å². The van der Waals surface area contributed by atoms with E-state index in [1.165, 1.54) is 11.1 Å². The van der Waals surface area contributed by atoms with E-state index in [4.69, 9.17) is 11.6 Å². The predicted molar refractivity (Wildman–Crippen MR) is 127 cm³/mol. The SMILES string of the molecule is C[C@]12CCC3c4ccc(Cl)cc4CCC3C1[C@H](CCCC(=O)Nc1ccccn1)CC2=O. The topological polar surface area (TPSA) is 59.1 Å². The number of benzene rings is 1. The summed E-state index contributed by atoms with van der Waals surface area (Å²) in [6.07, 6.45) is 8.86. The molecule has 168 valence electrons. The number of carbonyl (C=O) groups excluding carboxylic acids is 2. The number of hydrogen-bond acceptors (Lipinski definition) is 3. The van der Waals surface area contributed by atoms with Crippen molar-refractivity contribution in [3.63, 3.8) is 0 Å². The Morgan fingerprint density at radius 3 is 2.94 bits per heavy atom. The number of pyridine rings is 1. The molecule has 2 aromatic rings. The van der Waals surface area contributed by atoms with Crippen LogP contribution in [-0.4, -0.2) is 16.7 Å². The van der Waals surface area contributed by atoms with Gasteiger partial charge in [0, 0.05) is 29.5 Å². The molecule has 2 fully saturated rings. The van der Waals surface area contributed by atoms with Crippen LogP contribution in [0.15, 0.2) is 42.6 Å². The van der Waals surface area contributed by atoms with Gasteiger partial charge in [-0.05, 0) is 97.6 Å². The van der Waals surface area contributed by atoms with Crippen molar-refractivity contribution in [2.75, 3.05) is 5.32 Å². The van der Waals surface area contributed by atoms with E-state index in [0.717, 1.165) is 43.5 Å². The van der Waals surface area contributed by atoms with Crippen molar-refractivity contribution in [3.05, 3.63) is 58.7 Å². The second-order valence-electron chi connectivity index (χ2n) is 10.2. The second-order valence-corrected chi connectivity index (χ2v) is 10.6. The number of amides is 1. The molecule has 0 saturated heterocycles. The number of fused-ring (bicyclic) bond motifs is 5. The lowest BCUT2D eigenvalue weighted by Crippen LogP contribution is -2.44. The average molecular weight is 451 g/mol. The van der Waals surface area contributed by atoms with Gasteiger partial charge in [0.05, 0.1) is 0 Å². The summed E-state index contributed by atoms with van der Waals surface area (Å²) >= 11 is 6.26. The molecule has 5 atom stereocenters. The van der Waals surface area contributed by atoms with Gasteiger partial charge >= 0.3 is 0 Å². The highest BCUT2D eigenvalue weighted by atomic mass is 35.5. The molecule has 1 heterocycles. The molecular formula is C27H31ClN2O2. The Morgan fingerprint density at radius 2 is 2.12 bits per heavy atom. The Balaban J connectivity index is 1.28. The zero-order valence-corrected chi connectivity index (χ0v) is 19.4. The third-order valence-electron chi connectivity index (χ3n) is 8.44. The van der Waals surface area contributed by atoms with E-state index in [9.17, 15) is 9.59 Å². The monoisotopic (exact) mass is 450 g/mol. The van der Waals surface area contributed by atoms with Crippen molar-refractivity contribution >= 4 is 29.1 Å². The summed E-state index contributed by atoms with van der Waals surface area (Å²) in [5.41, 5.74) is 2.67. The molecule has 1 aromatic heterocycles. The van der Waals surface area contributed by atoms with E-state index in [0.29, 0.717) is 48.1 Å². The normalized spacial score (nSPS) is 30.9. The van der Waals surface area contributed by atoms with E-state index < -0.39 is 0 Å². The molecule has 3 aliphatic carbocycles. The predicted octanol–water partition coefficient (Wildman–Crippen LogP) is 6.20. The first-order valence-electron chi connectivity index (χ1n) is 12.0. The second kappa shape index (κ2) is 8.62. The molecule has 3 aliphatic rings. The van der Waals surface area contributed by atoms with E-state index in [-0.39, 0.29) is 11.3 Å². The summed E-state index contributed by atoms with van der Waals surface area (Å²) < 4.78 is 0. The Morgan fingerprint density at radius 1 is 1.25 bits per heavy atom. The van der Waals surface area contributed by atoms with Crippen LogP contribution in [0, 0.1) is 23.2 Å². The molecule has 32 heavy (non-hydrogen) atoms. The number of carbonyl (C=O) groups is 2. The number of ketones is 1. The number of hydrogen-bond donors (Lipinski definition) is 1. The summed E-state index contributed by atoms with van der Waals surface area (Å²) in [5, 5.41) is 3.69. The molecule has 1 amide bonds. The van der Waals surface area contributed by atoms with Gasteiger partial charge in [-0.3, -0.25) is 9.59 Å². The minimum Gasteiger partial charge on any atom is -0.311 e. The van der Waals surface area contributed by atoms with Crippen molar-refractivity contribution in [1.29, 1.82) is 0 Å². The first-order chi connectivity index (χ1) is 15.5. The van der Waals surface area contributed by atoms with Gasteiger partial charge in [-0.25, -0.2) is 4.98 Å². The van der Waals surface area contributed by atoms with Crippen molar-refractivity contribution in [2.24, 2.45) is 23.2 Å². The number of aromatic nitrogens is 1. The zero-order valence-electron chi connectivity index (χ0n) is 18.6. The van der Waals surface area contributed by atoms with Gasteiger partial charge in [0.1, 0.15) is 11.6 Å². The van der Waals surface area contributed by atoms with E-state index in [2.05, 4.69) is 29.4 Å². The number of nitrogens with one attached hydrogen (secondary N) is 1. The standard InChI is InChI=1S/C27H31ClN2O2/c1-27-13-12-21-20-11-9-19(28)15-17(20)8-10-22(21)26(27)18(16-23(27)31)5-4-7-25(32)30-24-6-2-3-14-29-24/h2-3,6,9,11,14-15,18,21-22,26H,4-5,7-8,10,12-13,16H2,1H3,(H,29,30,32)/t18-,21?,22?,26?,27-/m1/s1. The van der Waals surface area contributed by atoms with Gasteiger partial charge < -0.3 is 5.32 Å². The van der Waals surface area contributed by atoms with Crippen LogP contribution in [0.5, 0.6) is 0 Å². The first-order valence-corrected chi connectivity index (χ1v) is 12.4. The highest BCUT2D eigenvalue weighted by molar-refractivity contribution is 6.30. The number of anilines is 1. The van der Waals surface area contributed by atoms with Crippen LogP contribution < -0.4 is 5.32 Å². The van der Waals surface area contributed by atoms with Crippen LogP contribution >= 0.6 is 11.6 Å². The fraction of sp³-hybridized carbons (Fsp3) is 0.519. The van der Waals surface area contributed by atoms with Gasteiger partial charge in [0.2, 0.25) is 5.91 Å². The van der Waals surface area contributed by atoms with Gasteiger partial charge in [0.15, 0.2) is 0 Å². The van der Waals surface area contributed by atoms with Crippen LogP contribution in [0.1, 0.15) is 68.9 Å². The van der Waals surface area contributed by atoms with Crippen molar-refractivity contribution in [3.8, 4) is 0 Å². The van der Waals surface area contributed by atoms with Gasteiger partial charge in [-0.2, -0.15) is 0 Å². The van der Waals surface area contributed by atoms with Crippen molar-refractivity contribution in [2.45, 2.75) is 64.2 Å². The summed E-state index contributed by atoms with van der Waals surface area (Å²) in [6.45, 7) is 2.22. The maximum atomic E-state index is 13.1. The molecule has 3 unspecified atom stereocenters. The quantitative estimate of drug-likeness (QED) is 0.590. The van der Waals surface area contributed by atoms with Crippen LogP contribution in [0.3, 0.4) is 0 Å². The third-order valence-corrected chi connectivity index (χ3v) is 8.68. The lowest BCUT2D eigenvalue weighted by atomic mass is 9.54. The molecule has 4 nitrogen and oxygen atoms in total. The highest BCUT2D eigenvalue weighted by Crippen LogP contribution is 2.62. The van der Waals surface area contributed by atoms with Crippen LogP contribution in [0.4, 0.5) is 5.82 Å². The van der Waals surface area contributed by atoms with Crippen LogP contribution in [0.25, 0.3) is 0 Å². The van der Waals surface area contributed by atoms with Crippen LogP contribution in [0.2, 0.25) is 5.02 Å². The Labute approximate surface area is 195 Å². The number of rotatable bonds is 5. The summed E-state index contributed by atoms with van der Waals surface area (Å²) in [5.74, 6) is 2.95. The van der Waals surface area contributed by atoms with E-state index in [1.807, 2.05) is 18.2 Å². The lowest BCUT2D eigenvalue weighted by Gasteiger charge is -2.50. The lowest BCUT2D eigenvalue weighted by molar-refractivity contribution is -0.129. The number of halogens is 1. The molecule has 1 N–H and O–H groups in total. The summed E-state index contributed by atoms with van der Waals surface area (Å²) in [4.78, 5) is 29.7. The Bertz CT molecular complexity index is 1020. The first kappa shape index (κ1) is 21.6. The fourth-order valence-electron chi connectivity index (χ4n) is 7.04. The van der Waals surface area contributed by atoms with Gasteiger partial charge in [-0.1, -0.05) is 30.7 Å². The molecule has 0 aliphatic heterocycles. The Kier molecular flexibility index (Phi) is 5.83. The molecule has 5 heteroatoms. The zero-order chi connectivity index (χ0) is 22.3. The molecule has 0 bridgehead atoms. The largest absolute Gasteiger partial charge is 0.311 e. The third kappa shape index (κ3) is 3.87. The number of aryl methyl sites for hydroxylation is 1. The minimum atomic E-state index is -0.189. The Hall–Kier alpha value is -2.20. The van der Waals surface area contributed by atoms with Crippen LogP contribution in [-0.2, 0) is 16.0 Å². The molecule has 2 saturated carbocycles. The molecule has 0 radical (unpaired) electrons. The average Bonchev–Trinajstić information content (AvgIpc) is 3.04. The highest BCUT2D eigenvalue weighted by Gasteiger charge is 2.58. The maximum absolute atomic E-state index is 13.1. The molecule has 0 spiro atoms. The van der Waals surface area contributed by atoms with E-state index in [1.54, 1.807) is 12.3 Å². The minimum absolute atomic E-state index is 0.000721. The van der Waals surface area contributed by atoms with Gasteiger partial charge in [-0.15, -0.1) is 0 Å².